The molecule has 1 aliphatic rings. The summed E-state index contributed by atoms with van der Waals surface area (Å²) in [5.41, 5.74) is 17.4. The van der Waals surface area contributed by atoms with Crippen molar-refractivity contribution >= 4 is 143 Å². The van der Waals surface area contributed by atoms with E-state index in [2.05, 4.69) is 238 Å². The molecule has 4 nitrogen and oxygen atoms in total. The van der Waals surface area contributed by atoms with Crippen molar-refractivity contribution in [2.24, 2.45) is 0 Å². The highest BCUT2D eigenvalue weighted by atomic mass is 32.1. The Hall–Kier alpha value is -7.58. The van der Waals surface area contributed by atoms with Crippen LogP contribution in [0.4, 0.5) is 28.4 Å². The fourth-order valence-electron chi connectivity index (χ4n) is 11.3. The first-order valence-electron chi connectivity index (χ1n) is 24.7. The lowest BCUT2D eigenvalue weighted by Crippen LogP contribution is -2.36. The maximum absolute atomic E-state index is 7.04. The van der Waals surface area contributed by atoms with Crippen molar-refractivity contribution in [3.05, 3.63) is 193 Å². The zero-order valence-electron chi connectivity index (χ0n) is 40.6. The molecule has 71 heavy (non-hydrogen) atoms. The normalized spacial score (nSPS) is 12.8. The maximum atomic E-state index is 7.04. The summed E-state index contributed by atoms with van der Waals surface area (Å²) in [7, 11) is 0.676. The summed E-state index contributed by atoms with van der Waals surface area (Å²) in [5, 5.41) is 12.8. The summed E-state index contributed by atoms with van der Waals surface area (Å²) < 4.78 is 14.7. The van der Waals surface area contributed by atoms with Crippen LogP contribution in [-0.2, 0) is 10.8 Å². The largest absolute Gasteiger partial charge is 0.469 e. The van der Waals surface area contributed by atoms with E-state index in [0.717, 1.165) is 39.7 Å². The lowest BCUT2D eigenvalue weighted by atomic mass is 9.62. The highest BCUT2D eigenvalue weighted by Crippen LogP contribution is 2.47. The first-order chi connectivity index (χ1) is 34.4. The summed E-state index contributed by atoms with van der Waals surface area (Å²) in [4.78, 5) is 2.35. The van der Waals surface area contributed by atoms with Gasteiger partial charge in [-0.1, -0.05) is 133 Å². The minimum absolute atomic E-state index is 0.0143. The molecule has 0 radical (unpaired) electrons. The summed E-state index contributed by atoms with van der Waals surface area (Å²) in [5.74, 6) is 0. The van der Waals surface area contributed by atoms with Crippen molar-refractivity contribution in [1.29, 1.82) is 0 Å². The molecule has 4 aromatic heterocycles. The number of furan rings is 1. The van der Waals surface area contributed by atoms with Crippen LogP contribution in [0.1, 0.15) is 52.7 Å². The van der Waals surface area contributed by atoms with E-state index in [1.165, 1.54) is 101 Å². The minimum Gasteiger partial charge on any atom is -0.469 e. The number of fused-ring (bicyclic) bond motifs is 13. The Balaban J connectivity index is 1.02. The van der Waals surface area contributed by atoms with Crippen LogP contribution in [0.5, 0.6) is 0 Å². The molecule has 9 aromatic carbocycles. The molecule has 0 saturated carbocycles. The number of benzene rings is 9. The van der Waals surface area contributed by atoms with Gasteiger partial charge in [-0.2, -0.15) is 0 Å². The van der Waals surface area contributed by atoms with Gasteiger partial charge in [-0.25, -0.2) is 0 Å². The van der Waals surface area contributed by atoms with Gasteiger partial charge in [0.25, 0.3) is 0 Å². The molecule has 7 heteroatoms. The predicted octanol–water partition coefficient (Wildman–Crippen LogP) is 17.4. The number of nitrogens with one attached hydrogen (secondary N) is 1. The number of thiophene rings is 2. The van der Waals surface area contributed by atoms with Crippen molar-refractivity contribution in [2.45, 2.75) is 52.4 Å². The molecule has 342 valence electrons. The van der Waals surface area contributed by atoms with E-state index in [1.807, 2.05) is 22.7 Å². The Kier molecular flexibility index (Phi) is 9.21. The van der Waals surface area contributed by atoms with Gasteiger partial charge in [-0.15, -0.1) is 22.7 Å². The van der Waals surface area contributed by atoms with Crippen LogP contribution in [0.15, 0.2) is 186 Å². The van der Waals surface area contributed by atoms with Gasteiger partial charge in [0.15, 0.2) is 0 Å². The Morgan fingerprint density at radius 2 is 1.11 bits per heavy atom. The topological polar surface area (TPSA) is 33.3 Å². The standard InChI is InChI=1S/C64H50BN3OS2/c1-63(2,3)37-21-24-39(25-22-37)66-52-36-58-49(44-27-26-42(32-56(44)71-58)67(40-15-9-7-10-16-40)41-17-11-8-12-18-41)33-47(52)45-28-29-46-48-35-57-50(43-19-13-14-20-55(43)70-57)34-53(48)68-60(46)59(45)65-62-61(68)51-31-38(64(4,5)6)23-30-54(51)69-62/h7-36,65-66H,1-6H3. The van der Waals surface area contributed by atoms with Gasteiger partial charge < -0.3 is 19.2 Å². The van der Waals surface area contributed by atoms with E-state index >= 15 is 0 Å². The molecule has 0 aliphatic carbocycles. The second kappa shape index (κ2) is 15.5. The van der Waals surface area contributed by atoms with Crippen molar-refractivity contribution in [3.63, 3.8) is 0 Å². The van der Waals surface area contributed by atoms with Gasteiger partial charge in [0.1, 0.15) is 5.58 Å². The third-order valence-corrected chi connectivity index (χ3v) is 17.1. The monoisotopic (exact) mass is 951 g/mol. The second-order valence-corrected chi connectivity index (χ2v) is 23.6. The molecule has 0 atom stereocenters. The average molecular weight is 952 g/mol. The highest BCUT2D eigenvalue weighted by molar-refractivity contribution is 7.26. The smallest absolute Gasteiger partial charge is 0.244 e. The minimum atomic E-state index is -0.0143. The van der Waals surface area contributed by atoms with Gasteiger partial charge >= 0.3 is 0 Å². The van der Waals surface area contributed by atoms with Crippen molar-refractivity contribution < 1.29 is 4.42 Å². The Labute approximate surface area is 421 Å². The molecule has 0 bridgehead atoms. The number of rotatable bonds is 6. The van der Waals surface area contributed by atoms with Crippen LogP contribution >= 0.6 is 22.7 Å². The van der Waals surface area contributed by atoms with E-state index in [4.69, 9.17) is 4.42 Å². The number of aromatic nitrogens is 1. The molecule has 1 N–H and O–H groups in total. The highest BCUT2D eigenvalue weighted by Gasteiger charge is 2.32. The van der Waals surface area contributed by atoms with Crippen LogP contribution in [0.2, 0.25) is 0 Å². The molecule has 13 aromatic rings. The van der Waals surface area contributed by atoms with Crippen LogP contribution in [0.3, 0.4) is 0 Å². The molecule has 0 fully saturated rings. The Morgan fingerprint density at radius 1 is 0.479 bits per heavy atom. The summed E-state index contributed by atoms with van der Waals surface area (Å²) in [6.45, 7) is 13.7. The summed E-state index contributed by atoms with van der Waals surface area (Å²) in [6.07, 6.45) is 0. The van der Waals surface area contributed by atoms with Gasteiger partial charge in [0, 0.05) is 96.0 Å². The fourth-order valence-corrected chi connectivity index (χ4v) is 13.6. The van der Waals surface area contributed by atoms with Gasteiger partial charge in [-0.05, 0) is 124 Å². The van der Waals surface area contributed by atoms with Crippen LogP contribution < -0.4 is 21.3 Å². The average Bonchev–Trinajstić information content (AvgIpc) is 4.12. The Bertz CT molecular complexity index is 4260. The molecular formula is C64H50BN3OS2. The van der Waals surface area contributed by atoms with E-state index in [0.29, 0.717) is 7.28 Å². The number of nitrogens with zero attached hydrogens (tertiary/aromatic N) is 2. The Morgan fingerprint density at radius 3 is 1.86 bits per heavy atom. The van der Waals surface area contributed by atoms with Gasteiger partial charge in [-0.3, -0.25) is 0 Å². The first kappa shape index (κ1) is 42.3. The van der Waals surface area contributed by atoms with Crippen molar-refractivity contribution in [1.82, 2.24) is 4.57 Å². The molecular weight excluding hydrogens is 902 g/mol. The predicted molar refractivity (Wildman–Crippen MR) is 310 cm³/mol. The molecule has 5 heterocycles. The molecule has 0 spiro atoms. The number of anilines is 5. The molecule has 0 amide bonds. The lowest BCUT2D eigenvalue weighted by molar-refractivity contribution is 0.590. The van der Waals surface area contributed by atoms with Gasteiger partial charge in [0.05, 0.1) is 16.9 Å². The van der Waals surface area contributed by atoms with Gasteiger partial charge in [0.2, 0.25) is 7.28 Å². The number of hydrogen-bond donors (Lipinski definition) is 1. The molecule has 0 saturated heterocycles. The van der Waals surface area contributed by atoms with Crippen LogP contribution in [-0.4, -0.2) is 11.8 Å². The van der Waals surface area contributed by atoms with Crippen LogP contribution in [0.25, 0.3) is 89.9 Å². The zero-order valence-corrected chi connectivity index (χ0v) is 42.3. The van der Waals surface area contributed by atoms with E-state index in [9.17, 15) is 0 Å². The quantitative estimate of drug-likeness (QED) is 0.169. The third-order valence-electron chi connectivity index (χ3n) is 14.9. The third kappa shape index (κ3) is 6.70. The molecule has 1 aliphatic heterocycles. The summed E-state index contributed by atoms with van der Waals surface area (Å²) >= 11 is 3.75. The SMILES string of the molecule is CC(C)(C)c1ccc(Nc2cc3sc4cc(N(c5ccccc5)c5ccccc5)ccc4c3cc2-c2ccc3c4cc5sc6ccccc6c5cc4n4c3c2Bc2oc3ccc(C(C)(C)C)cc3c2-4)cc1. The van der Waals surface area contributed by atoms with E-state index in [-0.39, 0.29) is 10.8 Å². The van der Waals surface area contributed by atoms with E-state index in [1.54, 1.807) is 0 Å². The zero-order chi connectivity index (χ0) is 47.9. The van der Waals surface area contributed by atoms with Crippen molar-refractivity contribution in [3.8, 4) is 16.8 Å². The fraction of sp³-hybridized carbons (Fsp3) is 0.125. The first-order valence-corrected chi connectivity index (χ1v) is 26.3. The van der Waals surface area contributed by atoms with E-state index < -0.39 is 0 Å². The molecule has 14 rings (SSSR count). The van der Waals surface area contributed by atoms with Crippen molar-refractivity contribution in [2.75, 3.05) is 10.2 Å². The second-order valence-electron chi connectivity index (χ2n) is 21.4. The number of para-hydroxylation sites is 2. The maximum Gasteiger partial charge on any atom is 0.244 e. The van der Waals surface area contributed by atoms with Crippen LogP contribution in [0, 0.1) is 0 Å². The lowest BCUT2D eigenvalue weighted by Gasteiger charge is -2.25. The molecule has 0 unspecified atom stereocenters. The number of hydrogen-bond acceptors (Lipinski definition) is 5. The summed E-state index contributed by atoms with van der Waals surface area (Å²) in [6, 6.07) is 67.6.